The normalized spacial score (nSPS) is 14.4. The van der Waals surface area contributed by atoms with Crippen LogP contribution in [-0.4, -0.2) is 37.1 Å². The number of rotatable bonds is 7. The fourth-order valence-corrected chi connectivity index (χ4v) is 1.78. The summed E-state index contributed by atoms with van der Waals surface area (Å²) in [6.45, 7) is 13.6. The molecule has 0 spiro atoms. The first kappa shape index (κ1) is 13.9. The SMILES string of the molecule is CCCN(C)C(CNC(C)C)C(C)C. The number of likely N-dealkylation sites (N-methyl/N-ethyl adjacent to an activating group) is 1. The van der Waals surface area contributed by atoms with Crippen molar-refractivity contribution < 1.29 is 0 Å². The molecule has 0 aromatic heterocycles. The van der Waals surface area contributed by atoms with Gasteiger partial charge in [-0.3, -0.25) is 0 Å². The van der Waals surface area contributed by atoms with Crippen LogP contribution in [-0.2, 0) is 0 Å². The van der Waals surface area contributed by atoms with E-state index in [1.807, 2.05) is 0 Å². The van der Waals surface area contributed by atoms with Gasteiger partial charge >= 0.3 is 0 Å². The maximum Gasteiger partial charge on any atom is 0.0240 e. The number of hydrogen-bond donors (Lipinski definition) is 1. The molecule has 0 heterocycles. The Kier molecular flexibility index (Phi) is 7.20. The third-order valence-electron chi connectivity index (χ3n) is 2.65. The monoisotopic (exact) mass is 200 g/mol. The molecular weight excluding hydrogens is 172 g/mol. The molecule has 0 aromatic carbocycles. The second-order valence-corrected chi connectivity index (χ2v) is 4.85. The first-order valence-corrected chi connectivity index (χ1v) is 5.92. The van der Waals surface area contributed by atoms with Gasteiger partial charge in [0.2, 0.25) is 0 Å². The van der Waals surface area contributed by atoms with Gasteiger partial charge < -0.3 is 10.2 Å². The van der Waals surface area contributed by atoms with E-state index in [9.17, 15) is 0 Å². The lowest BCUT2D eigenvalue weighted by atomic mass is 10.0. The first-order valence-electron chi connectivity index (χ1n) is 5.92. The van der Waals surface area contributed by atoms with Crippen LogP contribution in [0, 0.1) is 5.92 Å². The summed E-state index contributed by atoms with van der Waals surface area (Å²) in [6.07, 6.45) is 1.24. The van der Waals surface area contributed by atoms with Gasteiger partial charge in [0.15, 0.2) is 0 Å². The summed E-state index contributed by atoms with van der Waals surface area (Å²) in [6, 6.07) is 1.25. The smallest absolute Gasteiger partial charge is 0.0240 e. The predicted octanol–water partition coefficient (Wildman–Crippen LogP) is 2.35. The summed E-state index contributed by atoms with van der Waals surface area (Å²) in [7, 11) is 2.23. The predicted molar refractivity (Wildman–Crippen MR) is 64.7 cm³/mol. The van der Waals surface area contributed by atoms with Gasteiger partial charge in [-0.1, -0.05) is 34.6 Å². The molecule has 0 aliphatic heterocycles. The fraction of sp³-hybridized carbons (Fsp3) is 1.00. The van der Waals surface area contributed by atoms with Gasteiger partial charge in [0.25, 0.3) is 0 Å². The molecule has 2 nitrogen and oxygen atoms in total. The Labute approximate surface area is 90.1 Å². The molecule has 14 heavy (non-hydrogen) atoms. The fourth-order valence-electron chi connectivity index (χ4n) is 1.78. The molecule has 0 amide bonds. The van der Waals surface area contributed by atoms with E-state index in [-0.39, 0.29) is 0 Å². The summed E-state index contributed by atoms with van der Waals surface area (Å²) in [5.41, 5.74) is 0. The molecule has 0 fully saturated rings. The second kappa shape index (κ2) is 7.24. The minimum absolute atomic E-state index is 0.589. The average Bonchev–Trinajstić information content (AvgIpc) is 2.03. The molecule has 1 atom stereocenters. The van der Waals surface area contributed by atoms with E-state index < -0.39 is 0 Å². The molecule has 0 aromatic rings. The molecule has 1 N–H and O–H groups in total. The zero-order valence-electron chi connectivity index (χ0n) is 10.8. The second-order valence-electron chi connectivity index (χ2n) is 4.85. The lowest BCUT2D eigenvalue weighted by Gasteiger charge is -2.32. The van der Waals surface area contributed by atoms with Crippen molar-refractivity contribution in [3.05, 3.63) is 0 Å². The Hall–Kier alpha value is -0.0800. The van der Waals surface area contributed by atoms with Crippen molar-refractivity contribution in [3.63, 3.8) is 0 Å². The number of hydrogen-bond acceptors (Lipinski definition) is 2. The van der Waals surface area contributed by atoms with Crippen molar-refractivity contribution in [1.29, 1.82) is 0 Å². The number of nitrogens with one attached hydrogen (secondary N) is 1. The van der Waals surface area contributed by atoms with Gasteiger partial charge in [-0.2, -0.15) is 0 Å². The van der Waals surface area contributed by atoms with Crippen molar-refractivity contribution >= 4 is 0 Å². The van der Waals surface area contributed by atoms with E-state index in [1.54, 1.807) is 0 Å². The maximum atomic E-state index is 3.52. The van der Waals surface area contributed by atoms with E-state index in [1.165, 1.54) is 13.0 Å². The van der Waals surface area contributed by atoms with E-state index in [4.69, 9.17) is 0 Å². The summed E-state index contributed by atoms with van der Waals surface area (Å²) in [5.74, 6) is 0.720. The van der Waals surface area contributed by atoms with Gasteiger partial charge in [0.1, 0.15) is 0 Å². The van der Waals surface area contributed by atoms with Crippen LogP contribution in [0.1, 0.15) is 41.0 Å². The molecule has 0 rings (SSSR count). The summed E-state index contributed by atoms with van der Waals surface area (Å²) < 4.78 is 0. The molecule has 1 unspecified atom stereocenters. The first-order chi connectivity index (χ1) is 6.49. The van der Waals surface area contributed by atoms with E-state index in [2.05, 4.69) is 51.9 Å². The van der Waals surface area contributed by atoms with Crippen molar-refractivity contribution in [2.24, 2.45) is 5.92 Å². The van der Waals surface area contributed by atoms with E-state index in [0.717, 1.165) is 12.5 Å². The molecule has 0 bridgehead atoms. The number of nitrogens with zero attached hydrogens (tertiary/aromatic N) is 1. The maximum absolute atomic E-state index is 3.52. The minimum atomic E-state index is 0.589. The van der Waals surface area contributed by atoms with Crippen LogP contribution >= 0.6 is 0 Å². The molecule has 86 valence electrons. The molecule has 0 radical (unpaired) electrons. The standard InChI is InChI=1S/C12H28N2/c1-7-8-14(6)12(10(2)3)9-13-11(4)5/h10-13H,7-9H2,1-6H3. The molecule has 0 aliphatic rings. The molecule has 0 aliphatic carbocycles. The van der Waals surface area contributed by atoms with Crippen molar-refractivity contribution in [3.8, 4) is 0 Å². The Morgan fingerprint density at radius 1 is 1.14 bits per heavy atom. The van der Waals surface area contributed by atoms with Crippen LogP contribution in [0.25, 0.3) is 0 Å². The molecule has 0 saturated heterocycles. The quantitative estimate of drug-likeness (QED) is 0.678. The van der Waals surface area contributed by atoms with Gasteiger partial charge in [-0.15, -0.1) is 0 Å². The summed E-state index contributed by atoms with van der Waals surface area (Å²) >= 11 is 0. The zero-order chi connectivity index (χ0) is 11.1. The van der Waals surface area contributed by atoms with Crippen LogP contribution in [0.3, 0.4) is 0 Å². The van der Waals surface area contributed by atoms with E-state index >= 15 is 0 Å². The van der Waals surface area contributed by atoms with Crippen LogP contribution in [0.15, 0.2) is 0 Å². The highest BCUT2D eigenvalue weighted by molar-refractivity contribution is 4.75. The van der Waals surface area contributed by atoms with Gasteiger partial charge in [-0.05, 0) is 25.9 Å². The third kappa shape index (κ3) is 5.61. The van der Waals surface area contributed by atoms with E-state index in [0.29, 0.717) is 12.1 Å². The van der Waals surface area contributed by atoms with Gasteiger partial charge in [0, 0.05) is 18.6 Å². The zero-order valence-corrected chi connectivity index (χ0v) is 10.8. The minimum Gasteiger partial charge on any atom is -0.313 e. The van der Waals surface area contributed by atoms with Gasteiger partial charge in [0.05, 0.1) is 0 Å². The Morgan fingerprint density at radius 3 is 2.07 bits per heavy atom. The van der Waals surface area contributed by atoms with Crippen molar-refractivity contribution in [2.45, 2.75) is 53.1 Å². The van der Waals surface area contributed by atoms with Crippen LogP contribution < -0.4 is 5.32 Å². The Balaban J connectivity index is 4.00. The third-order valence-corrected chi connectivity index (χ3v) is 2.65. The van der Waals surface area contributed by atoms with Crippen LogP contribution in [0.4, 0.5) is 0 Å². The Morgan fingerprint density at radius 2 is 1.71 bits per heavy atom. The molecule has 0 saturated carbocycles. The van der Waals surface area contributed by atoms with Crippen LogP contribution in [0.2, 0.25) is 0 Å². The lowest BCUT2D eigenvalue weighted by Crippen LogP contribution is -2.45. The largest absolute Gasteiger partial charge is 0.313 e. The van der Waals surface area contributed by atoms with Crippen LogP contribution in [0.5, 0.6) is 0 Å². The Bertz CT molecular complexity index is 132. The molecule has 2 heteroatoms. The summed E-state index contributed by atoms with van der Waals surface area (Å²) in [5, 5.41) is 3.52. The topological polar surface area (TPSA) is 15.3 Å². The van der Waals surface area contributed by atoms with Gasteiger partial charge in [-0.25, -0.2) is 0 Å². The van der Waals surface area contributed by atoms with Crippen molar-refractivity contribution in [2.75, 3.05) is 20.1 Å². The highest BCUT2D eigenvalue weighted by Crippen LogP contribution is 2.08. The lowest BCUT2D eigenvalue weighted by molar-refractivity contribution is 0.184. The summed E-state index contributed by atoms with van der Waals surface area (Å²) in [4.78, 5) is 2.47. The highest BCUT2D eigenvalue weighted by Gasteiger charge is 2.17. The average molecular weight is 200 g/mol. The highest BCUT2D eigenvalue weighted by atomic mass is 15.2. The van der Waals surface area contributed by atoms with Crippen molar-refractivity contribution in [1.82, 2.24) is 10.2 Å². The molecular formula is C12H28N2.